The minimum absolute atomic E-state index is 0. The van der Waals surface area contributed by atoms with Crippen molar-refractivity contribution >= 4 is 29.9 Å². The van der Waals surface area contributed by atoms with Crippen molar-refractivity contribution in [2.45, 2.75) is 26.2 Å². The van der Waals surface area contributed by atoms with E-state index in [1.54, 1.807) is 4.90 Å². The number of hydrogen-bond donors (Lipinski definition) is 0. The number of rotatable bonds is 4. The molecule has 0 atom stereocenters. The molecule has 5 nitrogen and oxygen atoms in total. The lowest BCUT2D eigenvalue weighted by Gasteiger charge is -2.36. The topological polar surface area (TPSA) is 43.9 Å². The Balaban J connectivity index is 0.00000208. The third kappa shape index (κ3) is 4.20. The number of nitrogens with zero attached hydrogens (tertiary/aromatic N) is 3. The lowest BCUT2D eigenvalue weighted by atomic mass is 10.1. The van der Waals surface area contributed by atoms with E-state index in [0.717, 1.165) is 45.6 Å². The van der Waals surface area contributed by atoms with Gasteiger partial charge in [0.1, 0.15) is 0 Å². The number of anilines is 1. The summed E-state index contributed by atoms with van der Waals surface area (Å²) in [6.45, 7) is 6.31. The van der Waals surface area contributed by atoms with Crippen LogP contribution < -0.4 is 4.90 Å². The maximum atomic E-state index is 12.3. The molecule has 24 heavy (non-hydrogen) atoms. The van der Waals surface area contributed by atoms with Crippen molar-refractivity contribution in [3.05, 3.63) is 29.8 Å². The monoisotopic (exact) mass is 351 g/mol. The summed E-state index contributed by atoms with van der Waals surface area (Å²) in [6, 6.07) is 8.68. The van der Waals surface area contributed by atoms with Crippen LogP contribution in [0.5, 0.6) is 0 Å². The minimum Gasteiger partial charge on any atom is -0.368 e. The van der Waals surface area contributed by atoms with Crippen LogP contribution in [0.25, 0.3) is 0 Å². The van der Waals surface area contributed by atoms with Gasteiger partial charge in [0.2, 0.25) is 11.8 Å². The number of halogens is 1. The second-order valence-corrected chi connectivity index (χ2v) is 6.31. The van der Waals surface area contributed by atoms with Gasteiger partial charge < -0.3 is 14.7 Å². The van der Waals surface area contributed by atoms with Gasteiger partial charge in [-0.3, -0.25) is 9.59 Å². The molecule has 0 unspecified atom stereocenters. The maximum absolute atomic E-state index is 12.3. The quantitative estimate of drug-likeness (QED) is 0.832. The van der Waals surface area contributed by atoms with Gasteiger partial charge in [-0.2, -0.15) is 0 Å². The van der Waals surface area contributed by atoms with E-state index in [4.69, 9.17) is 0 Å². The molecular formula is C18H26ClN3O2. The van der Waals surface area contributed by atoms with E-state index >= 15 is 0 Å². The van der Waals surface area contributed by atoms with Crippen LogP contribution in [0.15, 0.2) is 24.3 Å². The number of amides is 2. The number of hydrogen-bond acceptors (Lipinski definition) is 3. The molecule has 0 saturated carbocycles. The fraction of sp³-hybridized carbons (Fsp3) is 0.556. The molecule has 6 heteroatoms. The van der Waals surface area contributed by atoms with Gasteiger partial charge in [-0.05, 0) is 30.5 Å². The highest BCUT2D eigenvalue weighted by atomic mass is 35.5. The van der Waals surface area contributed by atoms with Crippen LogP contribution in [0.3, 0.4) is 0 Å². The zero-order chi connectivity index (χ0) is 16.2. The predicted octanol–water partition coefficient (Wildman–Crippen LogP) is 1.94. The van der Waals surface area contributed by atoms with Crippen LogP contribution in [0.1, 0.15) is 25.3 Å². The Kier molecular flexibility index (Phi) is 6.49. The van der Waals surface area contributed by atoms with Crippen molar-refractivity contribution in [2.24, 2.45) is 0 Å². The molecule has 3 rings (SSSR count). The minimum atomic E-state index is 0. The van der Waals surface area contributed by atoms with Gasteiger partial charge >= 0.3 is 0 Å². The molecule has 2 aliphatic heterocycles. The predicted molar refractivity (Wildman–Crippen MR) is 97.7 cm³/mol. The summed E-state index contributed by atoms with van der Waals surface area (Å²) in [5.74, 6) is 0.203. The summed E-state index contributed by atoms with van der Waals surface area (Å²) in [5, 5.41) is 0. The van der Waals surface area contributed by atoms with E-state index in [-0.39, 0.29) is 30.8 Å². The standard InChI is InChI=1S/C18H25N3O2.ClH/c1-2-15-5-7-16(8-6-15)19-10-12-20(13-11-19)18(23)14-21-9-3-4-17(21)22;/h5-8H,2-4,9-14H2,1H3;1H. The van der Waals surface area contributed by atoms with E-state index in [1.807, 2.05) is 4.90 Å². The molecule has 1 aromatic carbocycles. The van der Waals surface area contributed by atoms with Crippen molar-refractivity contribution in [3.63, 3.8) is 0 Å². The zero-order valence-electron chi connectivity index (χ0n) is 14.2. The molecule has 0 radical (unpaired) electrons. The number of likely N-dealkylation sites (tertiary alicyclic amines) is 1. The fourth-order valence-electron chi connectivity index (χ4n) is 3.29. The van der Waals surface area contributed by atoms with Crippen molar-refractivity contribution in [1.29, 1.82) is 0 Å². The van der Waals surface area contributed by atoms with Crippen LogP contribution in [0, 0.1) is 0 Å². The van der Waals surface area contributed by atoms with Crippen LogP contribution >= 0.6 is 12.4 Å². The maximum Gasteiger partial charge on any atom is 0.242 e. The molecule has 1 aromatic rings. The van der Waals surface area contributed by atoms with E-state index in [1.165, 1.54) is 11.3 Å². The summed E-state index contributed by atoms with van der Waals surface area (Å²) < 4.78 is 0. The van der Waals surface area contributed by atoms with E-state index in [0.29, 0.717) is 6.42 Å². The summed E-state index contributed by atoms with van der Waals surface area (Å²) in [7, 11) is 0. The molecule has 0 N–H and O–H groups in total. The van der Waals surface area contributed by atoms with Crippen molar-refractivity contribution in [1.82, 2.24) is 9.80 Å². The van der Waals surface area contributed by atoms with E-state index in [2.05, 4.69) is 36.1 Å². The normalized spacial score (nSPS) is 17.9. The summed E-state index contributed by atoms with van der Waals surface area (Å²) >= 11 is 0. The Labute approximate surface area is 150 Å². The lowest BCUT2D eigenvalue weighted by Crippen LogP contribution is -2.51. The first-order valence-corrected chi connectivity index (χ1v) is 8.57. The van der Waals surface area contributed by atoms with Gasteiger partial charge in [0, 0.05) is 44.8 Å². The SMILES string of the molecule is CCc1ccc(N2CCN(C(=O)CN3CCCC3=O)CC2)cc1.Cl. The van der Waals surface area contributed by atoms with Crippen LogP contribution in [0.4, 0.5) is 5.69 Å². The van der Waals surface area contributed by atoms with Gasteiger partial charge in [0.25, 0.3) is 0 Å². The molecule has 2 saturated heterocycles. The molecule has 0 aliphatic carbocycles. The van der Waals surface area contributed by atoms with Gasteiger partial charge in [-0.25, -0.2) is 0 Å². The molecule has 0 spiro atoms. The molecule has 2 amide bonds. The first-order valence-electron chi connectivity index (χ1n) is 8.57. The van der Waals surface area contributed by atoms with Gasteiger partial charge in [-0.15, -0.1) is 12.4 Å². The second kappa shape index (κ2) is 8.38. The molecule has 0 aromatic heterocycles. The average molecular weight is 352 g/mol. The summed E-state index contributed by atoms with van der Waals surface area (Å²) in [5.41, 5.74) is 2.57. The highest BCUT2D eigenvalue weighted by Gasteiger charge is 2.26. The van der Waals surface area contributed by atoms with Gasteiger partial charge in [-0.1, -0.05) is 19.1 Å². The van der Waals surface area contributed by atoms with Crippen LogP contribution in [-0.4, -0.2) is 60.9 Å². The number of carbonyl (C=O) groups is 2. The summed E-state index contributed by atoms with van der Waals surface area (Å²) in [6.07, 6.45) is 2.53. The highest BCUT2D eigenvalue weighted by molar-refractivity contribution is 5.86. The van der Waals surface area contributed by atoms with Crippen molar-refractivity contribution < 1.29 is 9.59 Å². The highest BCUT2D eigenvalue weighted by Crippen LogP contribution is 2.18. The van der Waals surface area contributed by atoms with Crippen LogP contribution in [0.2, 0.25) is 0 Å². The number of carbonyl (C=O) groups excluding carboxylic acids is 2. The Morgan fingerprint density at radius 2 is 1.71 bits per heavy atom. The molecule has 2 aliphatic rings. The fourth-order valence-corrected chi connectivity index (χ4v) is 3.29. The Hall–Kier alpha value is -1.75. The third-order valence-electron chi connectivity index (χ3n) is 4.84. The molecule has 132 valence electrons. The second-order valence-electron chi connectivity index (χ2n) is 6.31. The van der Waals surface area contributed by atoms with Gasteiger partial charge in [0.05, 0.1) is 6.54 Å². The average Bonchev–Trinajstić information content (AvgIpc) is 3.00. The molecular weight excluding hydrogens is 326 g/mol. The number of aryl methyl sites for hydroxylation is 1. The first-order chi connectivity index (χ1) is 11.2. The van der Waals surface area contributed by atoms with Crippen LogP contribution in [-0.2, 0) is 16.0 Å². The lowest BCUT2D eigenvalue weighted by molar-refractivity contribution is -0.138. The largest absolute Gasteiger partial charge is 0.368 e. The zero-order valence-corrected chi connectivity index (χ0v) is 15.1. The summed E-state index contributed by atoms with van der Waals surface area (Å²) in [4.78, 5) is 29.9. The van der Waals surface area contributed by atoms with E-state index in [9.17, 15) is 9.59 Å². The number of benzene rings is 1. The molecule has 0 bridgehead atoms. The number of piperazine rings is 1. The first kappa shape index (κ1) is 18.6. The molecule has 2 fully saturated rings. The van der Waals surface area contributed by atoms with E-state index < -0.39 is 0 Å². The molecule has 2 heterocycles. The van der Waals surface area contributed by atoms with Gasteiger partial charge in [0.15, 0.2) is 0 Å². The Morgan fingerprint density at radius 3 is 2.25 bits per heavy atom. The third-order valence-corrected chi connectivity index (χ3v) is 4.84. The van der Waals surface area contributed by atoms with Crippen molar-refractivity contribution in [3.8, 4) is 0 Å². The Bertz CT molecular complexity index is 568. The smallest absolute Gasteiger partial charge is 0.242 e. The van der Waals surface area contributed by atoms with Crippen molar-refractivity contribution in [2.75, 3.05) is 44.2 Å². The Morgan fingerprint density at radius 1 is 1.04 bits per heavy atom.